The molecule has 110 valence electrons. The van der Waals surface area contributed by atoms with Crippen LogP contribution in [0.4, 0.5) is 4.39 Å². The van der Waals surface area contributed by atoms with Crippen LogP contribution in [0, 0.1) is 11.7 Å². The summed E-state index contributed by atoms with van der Waals surface area (Å²) in [6.45, 7) is 0. The molecule has 0 amide bonds. The third-order valence-corrected chi connectivity index (χ3v) is 3.62. The van der Waals surface area contributed by atoms with E-state index >= 15 is 0 Å². The summed E-state index contributed by atoms with van der Waals surface area (Å²) >= 11 is 5.61. The van der Waals surface area contributed by atoms with Crippen LogP contribution in [0.25, 0.3) is 0 Å². The molecule has 1 aliphatic rings. The molecule has 0 unspecified atom stereocenters. The van der Waals surface area contributed by atoms with E-state index in [1.807, 2.05) is 0 Å². The summed E-state index contributed by atoms with van der Waals surface area (Å²) in [7, 11) is 1.39. The number of carbonyl (C=O) groups is 1. The Balaban J connectivity index is 1.85. The number of carbonyl (C=O) groups excluding carboxylic acids is 1. The van der Waals surface area contributed by atoms with Crippen LogP contribution in [0.5, 0.6) is 5.88 Å². The highest BCUT2D eigenvalue weighted by molar-refractivity contribution is 6.28. The summed E-state index contributed by atoms with van der Waals surface area (Å²) in [4.78, 5) is 18.5. The molecule has 1 aromatic rings. The Bertz CT molecular complexity index is 479. The lowest BCUT2D eigenvalue weighted by molar-refractivity contribution is -0.142. The van der Waals surface area contributed by atoms with E-state index < -0.39 is 5.82 Å². The highest BCUT2D eigenvalue weighted by atomic mass is 35.5. The molecule has 0 atom stereocenters. The van der Waals surface area contributed by atoms with Crippen molar-refractivity contribution in [1.29, 1.82) is 0 Å². The molecule has 0 radical (unpaired) electrons. The lowest BCUT2D eigenvalue weighted by Gasteiger charge is -2.28. The van der Waals surface area contributed by atoms with Gasteiger partial charge in [0.25, 0.3) is 5.88 Å². The zero-order valence-corrected chi connectivity index (χ0v) is 11.9. The molecule has 1 saturated carbocycles. The first-order valence-electron chi connectivity index (χ1n) is 6.50. The monoisotopic (exact) mass is 302 g/mol. The minimum atomic E-state index is -0.619. The van der Waals surface area contributed by atoms with Crippen LogP contribution in [0.15, 0.2) is 6.20 Å². The number of hydrogen-bond acceptors (Lipinski definition) is 5. The van der Waals surface area contributed by atoms with E-state index in [4.69, 9.17) is 16.3 Å². The number of methoxy groups -OCH3 is 1. The lowest BCUT2D eigenvalue weighted by Crippen LogP contribution is -2.26. The summed E-state index contributed by atoms with van der Waals surface area (Å²) in [6, 6.07) is 0. The van der Waals surface area contributed by atoms with E-state index in [1.165, 1.54) is 7.11 Å². The Hall–Kier alpha value is -1.43. The molecule has 0 saturated heterocycles. The van der Waals surface area contributed by atoms with Crippen molar-refractivity contribution >= 4 is 17.6 Å². The maximum Gasteiger partial charge on any atom is 0.305 e. The summed E-state index contributed by atoms with van der Waals surface area (Å²) in [5.74, 6) is -0.614. The summed E-state index contributed by atoms with van der Waals surface area (Å²) in [5.41, 5.74) is 0. The summed E-state index contributed by atoms with van der Waals surface area (Å²) in [6.07, 6.45) is 4.51. The smallest absolute Gasteiger partial charge is 0.305 e. The van der Waals surface area contributed by atoms with Crippen molar-refractivity contribution in [3.63, 3.8) is 0 Å². The van der Waals surface area contributed by atoms with E-state index in [0.29, 0.717) is 12.3 Å². The van der Waals surface area contributed by atoms with Crippen LogP contribution in [0.3, 0.4) is 0 Å². The first-order chi connectivity index (χ1) is 9.58. The van der Waals surface area contributed by atoms with Crippen LogP contribution in [-0.4, -0.2) is 29.2 Å². The molecule has 1 fully saturated rings. The SMILES string of the molecule is COC(=O)CC1CCC(Oc2nc(Cl)ncc2F)CC1. The van der Waals surface area contributed by atoms with Crippen molar-refractivity contribution < 1.29 is 18.7 Å². The van der Waals surface area contributed by atoms with Crippen molar-refractivity contribution in [1.82, 2.24) is 9.97 Å². The Labute approximate surface area is 121 Å². The number of halogens is 2. The second kappa shape index (κ2) is 6.83. The van der Waals surface area contributed by atoms with Gasteiger partial charge in [0.15, 0.2) is 0 Å². The molecule has 1 aromatic heterocycles. The van der Waals surface area contributed by atoms with E-state index in [0.717, 1.165) is 31.9 Å². The molecule has 7 heteroatoms. The second-order valence-electron chi connectivity index (χ2n) is 4.83. The van der Waals surface area contributed by atoms with Crippen LogP contribution < -0.4 is 4.74 Å². The predicted octanol–water partition coefficient (Wildman–Crippen LogP) is 2.77. The molecular weight excluding hydrogens is 287 g/mol. The normalized spacial score (nSPS) is 22.4. The lowest BCUT2D eigenvalue weighted by atomic mass is 9.85. The van der Waals surface area contributed by atoms with Gasteiger partial charge in [-0.05, 0) is 43.2 Å². The molecule has 0 bridgehead atoms. The van der Waals surface area contributed by atoms with E-state index in [2.05, 4.69) is 14.7 Å². The van der Waals surface area contributed by atoms with Crippen LogP contribution in [0.2, 0.25) is 5.28 Å². The van der Waals surface area contributed by atoms with Gasteiger partial charge >= 0.3 is 5.97 Å². The highest BCUT2D eigenvalue weighted by Crippen LogP contribution is 2.30. The number of nitrogens with zero attached hydrogens (tertiary/aromatic N) is 2. The van der Waals surface area contributed by atoms with Crippen molar-refractivity contribution in [2.75, 3.05) is 7.11 Å². The minimum Gasteiger partial charge on any atom is -0.472 e. The van der Waals surface area contributed by atoms with E-state index in [9.17, 15) is 9.18 Å². The maximum absolute atomic E-state index is 13.4. The van der Waals surface area contributed by atoms with Gasteiger partial charge in [-0.15, -0.1) is 0 Å². The number of rotatable bonds is 4. The van der Waals surface area contributed by atoms with Gasteiger partial charge in [-0.1, -0.05) is 0 Å². The fourth-order valence-electron chi connectivity index (χ4n) is 2.34. The molecular formula is C13H16ClFN2O3. The average Bonchev–Trinajstić information content (AvgIpc) is 2.45. The van der Waals surface area contributed by atoms with E-state index in [-0.39, 0.29) is 23.2 Å². The number of esters is 1. The first kappa shape index (κ1) is 15.0. The number of aromatic nitrogens is 2. The molecule has 2 rings (SSSR count). The Kier molecular flexibility index (Phi) is 5.11. The van der Waals surface area contributed by atoms with Gasteiger partial charge in [-0.25, -0.2) is 4.98 Å². The van der Waals surface area contributed by atoms with Crippen LogP contribution in [0.1, 0.15) is 32.1 Å². The Morgan fingerprint density at radius 2 is 2.15 bits per heavy atom. The molecule has 1 heterocycles. The molecule has 1 aliphatic carbocycles. The zero-order chi connectivity index (χ0) is 14.5. The van der Waals surface area contributed by atoms with Crippen molar-refractivity contribution in [2.24, 2.45) is 5.92 Å². The van der Waals surface area contributed by atoms with Gasteiger partial charge in [0, 0.05) is 6.42 Å². The highest BCUT2D eigenvalue weighted by Gasteiger charge is 2.25. The van der Waals surface area contributed by atoms with Crippen molar-refractivity contribution in [3.05, 3.63) is 17.3 Å². The summed E-state index contributed by atoms with van der Waals surface area (Å²) in [5, 5.41) is -0.0409. The first-order valence-corrected chi connectivity index (χ1v) is 6.87. The van der Waals surface area contributed by atoms with Gasteiger partial charge in [-0.2, -0.15) is 9.37 Å². The Morgan fingerprint density at radius 1 is 1.45 bits per heavy atom. The second-order valence-corrected chi connectivity index (χ2v) is 5.17. The largest absolute Gasteiger partial charge is 0.472 e. The minimum absolute atomic E-state index is 0.0409. The maximum atomic E-state index is 13.4. The van der Waals surface area contributed by atoms with Crippen molar-refractivity contribution in [3.8, 4) is 5.88 Å². The summed E-state index contributed by atoms with van der Waals surface area (Å²) < 4.78 is 23.6. The predicted molar refractivity (Wildman–Crippen MR) is 70.0 cm³/mol. The standard InChI is InChI=1S/C13H16ClFN2O3/c1-19-11(18)6-8-2-4-9(5-3-8)20-12-10(15)7-16-13(14)17-12/h7-9H,2-6H2,1H3. The topological polar surface area (TPSA) is 61.3 Å². The van der Waals surface area contributed by atoms with Crippen LogP contribution >= 0.6 is 11.6 Å². The molecule has 0 aromatic carbocycles. The average molecular weight is 303 g/mol. The fraction of sp³-hybridized carbons (Fsp3) is 0.615. The molecule has 0 spiro atoms. The Morgan fingerprint density at radius 3 is 2.80 bits per heavy atom. The quantitative estimate of drug-likeness (QED) is 0.632. The molecule has 0 N–H and O–H groups in total. The molecule has 20 heavy (non-hydrogen) atoms. The molecule has 5 nitrogen and oxygen atoms in total. The van der Waals surface area contributed by atoms with Crippen molar-refractivity contribution in [2.45, 2.75) is 38.2 Å². The number of ether oxygens (including phenoxy) is 2. The zero-order valence-electron chi connectivity index (χ0n) is 11.1. The third-order valence-electron chi connectivity index (χ3n) is 3.44. The third kappa shape index (κ3) is 4.03. The van der Waals surface area contributed by atoms with Gasteiger partial charge in [-0.3, -0.25) is 4.79 Å². The van der Waals surface area contributed by atoms with Crippen LogP contribution in [-0.2, 0) is 9.53 Å². The van der Waals surface area contributed by atoms with E-state index in [1.54, 1.807) is 0 Å². The van der Waals surface area contributed by atoms with Gasteiger partial charge < -0.3 is 9.47 Å². The van der Waals surface area contributed by atoms with Gasteiger partial charge in [0.1, 0.15) is 6.10 Å². The molecule has 0 aliphatic heterocycles. The van der Waals surface area contributed by atoms with Gasteiger partial charge in [0.2, 0.25) is 11.1 Å². The number of hydrogen-bond donors (Lipinski definition) is 0. The van der Waals surface area contributed by atoms with Gasteiger partial charge in [0.05, 0.1) is 13.3 Å². The fourth-order valence-corrected chi connectivity index (χ4v) is 2.47.